The highest BCUT2D eigenvalue weighted by atomic mass is 32.2. The lowest BCUT2D eigenvalue weighted by Crippen LogP contribution is -2.26. The standard InChI is InChI=1S/C14H19N3S/c1-11(7-8-18-2)15-9-12-10-16-13-5-3-4-6-14(13)17-12/h3-6,10-11,15H,7-9H2,1-2H3. The number of benzene rings is 1. The van der Waals surface area contributed by atoms with E-state index < -0.39 is 0 Å². The van der Waals surface area contributed by atoms with Gasteiger partial charge in [-0.05, 0) is 37.5 Å². The minimum Gasteiger partial charge on any atom is -0.309 e. The molecule has 0 bridgehead atoms. The smallest absolute Gasteiger partial charge is 0.0890 e. The van der Waals surface area contributed by atoms with E-state index in [1.807, 2.05) is 42.2 Å². The first kappa shape index (κ1) is 13.3. The second-order valence-corrected chi connectivity index (χ2v) is 5.40. The van der Waals surface area contributed by atoms with Gasteiger partial charge < -0.3 is 5.32 Å². The van der Waals surface area contributed by atoms with Gasteiger partial charge in [0.25, 0.3) is 0 Å². The Labute approximate surface area is 112 Å². The summed E-state index contributed by atoms with van der Waals surface area (Å²) < 4.78 is 0. The van der Waals surface area contributed by atoms with Crippen LogP contribution in [0.1, 0.15) is 19.0 Å². The van der Waals surface area contributed by atoms with Gasteiger partial charge in [-0.2, -0.15) is 11.8 Å². The Balaban J connectivity index is 1.95. The van der Waals surface area contributed by atoms with Crippen LogP contribution in [0, 0.1) is 0 Å². The third-order valence-corrected chi connectivity index (χ3v) is 3.53. The summed E-state index contributed by atoms with van der Waals surface area (Å²) in [6.07, 6.45) is 5.18. The van der Waals surface area contributed by atoms with Gasteiger partial charge in [0.2, 0.25) is 0 Å². The van der Waals surface area contributed by atoms with Crippen LogP contribution in [0.2, 0.25) is 0 Å². The van der Waals surface area contributed by atoms with Crippen molar-refractivity contribution in [2.45, 2.75) is 25.9 Å². The molecule has 1 N–H and O–H groups in total. The van der Waals surface area contributed by atoms with Crippen LogP contribution < -0.4 is 5.32 Å². The van der Waals surface area contributed by atoms with E-state index in [1.165, 1.54) is 12.2 Å². The van der Waals surface area contributed by atoms with Crippen molar-refractivity contribution in [1.29, 1.82) is 0 Å². The molecule has 0 aliphatic heterocycles. The maximum Gasteiger partial charge on any atom is 0.0890 e. The number of hydrogen-bond donors (Lipinski definition) is 1. The molecule has 0 fully saturated rings. The van der Waals surface area contributed by atoms with E-state index in [9.17, 15) is 0 Å². The summed E-state index contributed by atoms with van der Waals surface area (Å²) in [6, 6.07) is 8.49. The number of rotatable bonds is 6. The van der Waals surface area contributed by atoms with Crippen molar-refractivity contribution >= 4 is 22.8 Å². The molecule has 0 amide bonds. The second kappa shape index (κ2) is 6.71. The maximum atomic E-state index is 4.60. The summed E-state index contributed by atoms with van der Waals surface area (Å²) in [7, 11) is 0. The lowest BCUT2D eigenvalue weighted by atomic mass is 10.2. The van der Waals surface area contributed by atoms with Crippen LogP contribution in [-0.4, -0.2) is 28.0 Å². The van der Waals surface area contributed by atoms with Crippen LogP contribution in [0.25, 0.3) is 11.0 Å². The molecular weight excluding hydrogens is 242 g/mol. The molecule has 2 aromatic rings. The average molecular weight is 261 g/mol. The zero-order chi connectivity index (χ0) is 12.8. The number of nitrogens with one attached hydrogen (secondary N) is 1. The number of thioether (sulfide) groups is 1. The van der Waals surface area contributed by atoms with Crippen molar-refractivity contribution in [1.82, 2.24) is 15.3 Å². The van der Waals surface area contributed by atoms with E-state index in [-0.39, 0.29) is 0 Å². The summed E-state index contributed by atoms with van der Waals surface area (Å²) in [5.74, 6) is 1.19. The number of aromatic nitrogens is 2. The highest BCUT2D eigenvalue weighted by Gasteiger charge is 2.03. The fraction of sp³-hybridized carbons (Fsp3) is 0.429. The Hall–Kier alpha value is -1.13. The van der Waals surface area contributed by atoms with E-state index in [2.05, 4.69) is 28.5 Å². The van der Waals surface area contributed by atoms with Crippen LogP contribution >= 0.6 is 11.8 Å². The van der Waals surface area contributed by atoms with E-state index in [0.717, 1.165) is 23.3 Å². The van der Waals surface area contributed by atoms with Gasteiger partial charge in [0.15, 0.2) is 0 Å². The molecule has 2 rings (SSSR count). The monoisotopic (exact) mass is 261 g/mol. The summed E-state index contributed by atoms with van der Waals surface area (Å²) in [5.41, 5.74) is 2.93. The van der Waals surface area contributed by atoms with E-state index in [4.69, 9.17) is 0 Å². The molecule has 1 unspecified atom stereocenters. The predicted molar refractivity (Wildman–Crippen MR) is 78.8 cm³/mol. The van der Waals surface area contributed by atoms with Crippen molar-refractivity contribution in [2.75, 3.05) is 12.0 Å². The highest BCUT2D eigenvalue weighted by molar-refractivity contribution is 7.98. The molecule has 1 heterocycles. The maximum absolute atomic E-state index is 4.60. The fourth-order valence-electron chi connectivity index (χ4n) is 1.76. The first-order valence-corrected chi connectivity index (χ1v) is 7.62. The molecule has 96 valence electrons. The number of para-hydroxylation sites is 2. The fourth-order valence-corrected chi connectivity index (χ4v) is 2.35. The molecule has 4 heteroatoms. The molecule has 3 nitrogen and oxygen atoms in total. The van der Waals surface area contributed by atoms with E-state index >= 15 is 0 Å². The van der Waals surface area contributed by atoms with Gasteiger partial charge in [-0.25, -0.2) is 4.98 Å². The van der Waals surface area contributed by atoms with Gasteiger partial charge in [0, 0.05) is 12.6 Å². The summed E-state index contributed by atoms with van der Waals surface area (Å²) in [4.78, 5) is 9.01. The number of fused-ring (bicyclic) bond motifs is 1. The molecule has 0 saturated carbocycles. The number of nitrogens with zero attached hydrogens (tertiary/aromatic N) is 2. The Morgan fingerprint density at radius 1 is 1.28 bits per heavy atom. The predicted octanol–water partition coefficient (Wildman–Crippen LogP) is 2.86. The molecule has 0 saturated heterocycles. The van der Waals surface area contributed by atoms with Crippen LogP contribution in [0.15, 0.2) is 30.5 Å². The summed E-state index contributed by atoms with van der Waals surface area (Å²) in [5, 5.41) is 3.48. The van der Waals surface area contributed by atoms with Gasteiger partial charge in [0.1, 0.15) is 0 Å². The van der Waals surface area contributed by atoms with Crippen molar-refractivity contribution in [3.05, 3.63) is 36.2 Å². The topological polar surface area (TPSA) is 37.8 Å². The van der Waals surface area contributed by atoms with E-state index in [0.29, 0.717) is 6.04 Å². The second-order valence-electron chi connectivity index (χ2n) is 4.41. The number of hydrogen-bond acceptors (Lipinski definition) is 4. The molecule has 0 radical (unpaired) electrons. The Morgan fingerprint density at radius 2 is 2.06 bits per heavy atom. The largest absolute Gasteiger partial charge is 0.309 e. The van der Waals surface area contributed by atoms with Crippen molar-refractivity contribution in [3.63, 3.8) is 0 Å². The highest BCUT2D eigenvalue weighted by Crippen LogP contribution is 2.08. The van der Waals surface area contributed by atoms with E-state index in [1.54, 1.807) is 0 Å². The van der Waals surface area contributed by atoms with Crippen molar-refractivity contribution < 1.29 is 0 Å². The van der Waals surface area contributed by atoms with Crippen LogP contribution in [0.5, 0.6) is 0 Å². The summed E-state index contributed by atoms with van der Waals surface area (Å²) >= 11 is 1.89. The van der Waals surface area contributed by atoms with Crippen molar-refractivity contribution in [2.24, 2.45) is 0 Å². The Bertz CT molecular complexity index is 501. The lowest BCUT2D eigenvalue weighted by Gasteiger charge is -2.12. The first-order chi connectivity index (χ1) is 8.79. The lowest BCUT2D eigenvalue weighted by molar-refractivity contribution is 0.532. The van der Waals surface area contributed by atoms with Gasteiger partial charge >= 0.3 is 0 Å². The molecule has 0 aliphatic carbocycles. The zero-order valence-corrected chi connectivity index (χ0v) is 11.7. The Kier molecular flexibility index (Phi) is 4.96. The average Bonchev–Trinajstić information content (AvgIpc) is 2.42. The molecule has 1 aromatic carbocycles. The van der Waals surface area contributed by atoms with Crippen molar-refractivity contribution in [3.8, 4) is 0 Å². The van der Waals surface area contributed by atoms with Gasteiger partial charge in [-0.1, -0.05) is 12.1 Å². The molecule has 0 spiro atoms. The van der Waals surface area contributed by atoms with Gasteiger partial charge in [-0.3, -0.25) is 4.98 Å². The minimum atomic E-state index is 0.519. The molecular formula is C14H19N3S. The van der Waals surface area contributed by atoms with Crippen LogP contribution in [0.3, 0.4) is 0 Å². The van der Waals surface area contributed by atoms with Crippen LogP contribution in [0.4, 0.5) is 0 Å². The van der Waals surface area contributed by atoms with Gasteiger partial charge in [0.05, 0.1) is 22.9 Å². The van der Waals surface area contributed by atoms with Crippen LogP contribution in [-0.2, 0) is 6.54 Å². The third kappa shape index (κ3) is 3.68. The minimum absolute atomic E-state index is 0.519. The normalized spacial score (nSPS) is 12.8. The third-order valence-electron chi connectivity index (χ3n) is 2.89. The summed E-state index contributed by atoms with van der Waals surface area (Å²) in [6.45, 7) is 3.00. The SMILES string of the molecule is CSCCC(C)NCc1cnc2ccccc2n1. The first-order valence-electron chi connectivity index (χ1n) is 6.22. The quantitative estimate of drug-likeness (QED) is 0.867. The Morgan fingerprint density at radius 3 is 2.83 bits per heavy atom. The molecule has 0 aliphatic rings. The van der Waals surface area contributed by atoms with Gasteiger partial charge in [-0.15, -0.1) is 0 Å². The zero-order valence-electron chi connectivity index (χ0n) is 10.9. The molecule has 18 heavy (non-hydrogen) atoms. The molecule has 1 atom stereocenters. The molecule has 1 aromatic heterocycles.